The molecule has 1 aliphatic heterocycles. The van der Waals surface area contributed by atoms with Gasteiger partial charge in [0.25, 0.3) is 15.9 Å². The van der Waals surface area contributed by atoms with Gasteiger partial charge in [-0.1, -0.05) is 11.6 Å². The molecule has 0 radical (unpaired) electrons. The standard InChI is InChI=1S/C22H18ClIN2O3S/c1-14-12-16-13-15(22(27)25-19-7-5-18(24)6-8-19)2-11-21(16)26(14)30(28,29)20-9-3-17(23)4-10-20/h2-11,13-14H,12H2,1H3,(H,25,27)/t14-/m1/s1. The fourth-order valence-corrected chi connectivity index (χ4v) is 5.74. The van der Waals surface area contributed by atoms with Crippen molar-refractivity contribution in [3.8, 4) is 0 Å². The molecular weight excluding hydrogens is 535 g/mol. The van der Waals surface area contributed by atoms with E-state index >= 15 is 0 Å². The fraction of sp³-hybridized carbons (Fsp3) is 0.136. The minimum Gasteiger partial charge on any atom is -0.322 e. The summed E-state index contributed by atoms with van der Waals surface area (Å²) >= 11 is 8.10. The van der Waals surface area contributed by atoms with Crippen LogP contribution < -0.4 is 9.62 Å². The lowest BCUT2D eigenvalue weighted by Crippen LogP contribution is -2.35. The highest BCUT2D eigenvalue weighted by molar-refractivity contribution is 14.1. The number of sulfonamides is 1. The molecule has 0 bridgehead atoms. The molecule has 0 saturated carbocycles. The van der Waals surface area contributed by atoms with Gasteiger partial charge in [-0.15, -0.1) is 0 Å². The summed E-state index contributed by atoms with van der Waals surface area (Å²) in [6.45, 7) is 1.86. The molecule has 5 nitrogen and oxygen atoms in total. The minimum absolute atomic E-state index is 0.187. The number of hydrogen-bond donors (Lipinski definition) is 1. The van der Waals surface area contributed by atoms with Crippen LogP contribution in [0.3, 0.4) is 0 Å². The summed E-state index contributed by atoms with van der Waals surface area (Å²) in [7, 11) is -3.73. The largest absolute Gasteiger partial charge is 0.322 e. The average molecular weight is 553 g/mol. The molecule has 1 heterocycles. The van der Waals surface area contributed by atoms with Crippen LogP contribution in [0.5, 0.6) is 0 Å². The Labute approximate surface area is 194 Å². The number of rotatable bonds is 4. The number of carbonyl (C=O) groups is 1. The van der Waals surface area contributed by atoms with Gasteiger partial charge in [-0.2, -0.15) is 0 Å². The molecule has 0 spiro atoms. The first-order valence-corrected chi connectivity index (χ1v) is 12.2. The Morgan fingerprint density at radius 1 is 1.07 bits per heavy atom. The summed E-state index contributed by atoms with van der Waals surface area (Å²) in [6, 6.07) is 18.5. The molecule has 154 valence electrons. The van der Waals surface area contributed by atoms with Crippen molar-refractivity contribution in [3.05, 3.63) is 86.4 Å². The van der Waals surface area contributed by atoms with Crippen LogP contribution in [-0.4, -0.2) is 20.4 Å². The third-order valence-corrected chi connectivity index (χ3v) is 7.88. The van der Waals surface area contributed by atoms with Crippen molar-refractivity contribution < 1.29 is 13.2 Å². The zero-order chi connectivity index (χ0) is 21.5. The predicted molar refractivity (Wildman–Crippen MR) is 128 cm³/mol. The van der Waals surface area contributed by atoms with Crippen LogP contribution in [0.4, 0.5) is 11.4 Å². The number of nitrogens with zero attached hydrogens (tertiary/aromatic N) is 1. The Bertz CT molecular complexity index is 1210. The molecule has 0 unspecified atom stereocenters. The summed E-state index contributed by atoms with van der Waals surface area (Å²) in [5, 5.41) is 3.35. The number of carbonyl (C=O) groups excluding carboxylic acids is 1. The summed E-state index contributed by atoms with van der Waals surface area (Å²) in [6.07, 6.45) is 0.535. The Hall–Kier alpha value is -2.10. The molecule has 1 N–H and O–H groups in total. The van der Waals surface area contributed by atoms with Crippen molar-refractivity contribution in [2.24, 2.45) is 0 Å². The van der Waals surface area contributed by atoms with E-state index in [2.05, 4.69) is 27.9 Å². The molecule has 8 heteroatoms. The van der Waals surface area contributed by atoms with Gasteiger partial charge in [0.15, 0.2) is 0 Å². The van der Waals surface area contributed by atoms with E-state index in [-0.39, 0.29) is 16.8 Å². The zero-order valence-electron chi connectivity index (χ0n) is 16.0. The van der Waals surface area contributed by atoms with Gasteiger partial charge in [-0.05, 0) is 108 Å². The lowest BCUT2D eigenvalue weighted by molar-refractivity contribution is 0.102. The maximum atomic E-state index is 13.2. The van der Waals surface area contributed by atoms with Gasteiger partial charge in [0.05, 0.1) is 10.6 Å². The highest BCUT2D eigenvalue weighted by atomic mass is 127. The number of halogens is 2. The number of hydrogen-bond acceptors (Lipinski definition) is 3. The van der Waals surface area contributed by atoms with E-state index in [1.807, 2.05) is 31.2 Å². The molecule has 1 aliphatic rings. The lowest BCUT2D eigenvalue weighted by Gasteiger charge is -2.24. The maximum Gasteiger partial charge on any atom is 0.264 e. The van der Waals surface area contributed by atoms with Crippen molar-refractivity contribution in [1.82, 2.24) is 0 Å². The van der Waals surface area contributed by atoms with Crippen LogP contribution in [0.2, 0.25) is 5.02 Å². The minimum atomic E-state index is -3.73. The Morgan fingerprint density at radius 3 is 2.40 bits per heavy atom. The quantitative estimate of drug-likeness (QED) is 0.445. The van der Waals surface area contributed by atoms with Crippen LogP contribution in [-0.2, 0) is 16.4 Å². The first-order chi connectivity index (χ1) is 14.3. The molecule has 0 saturated heterocycles. The van der Waals surface area contributed by atoms with Crippen LogP contribution in [0, 0.1) is 3.57 Å². The van der Waals surface area contributed by atoms with E-state index in [9.17, 15) is 13.2 Å². The van der Waals surface area contributed by atoms with Gasteiger partial charge in [-0.25, -0.2) is 8.42 Å². The molecule has 1 amide bonds. The Morgan fingerprint density at radius 2 is 1.73 bits per heavy atom. The zero-order valence-corrected chi connectivity index (χ0v) is 19.7. The van der Waals surface area contributed by atoms with Gasteiger partial charge in [0.1, 0.15) is 0 Å². The summed E-state index contributed by atoms with van der Waals surface area (Å²) in [5.74, 6) is -0.231. The molecule has 3 aromatic rings. The van der Waals surface area contributed by atoms with E-state index in [1.54, 1.807) is 30.3 Å². The first-order valence-electron chi connectivity index (χ1n) is 9.25. The Kier molecular flexibility index (Phi) is 5.78. The number of fused-ring (bicyclic) bond motifs is 1. The van der Waals surface area contributed by atoms with E-state index < -0.39 is 10.0 Å². The third kappa shape index (κ3) is 4.06. The van der Waals surface area contributed by atoms with Crippen molar-refractivity contribution >= 4 is 61.5 Å². The number of anilines is 2. The SMILES string of the molecule is C[C@@H]1Cc2cc(C(=O)Nc3ccc(I)cc3)ccc2N1S(=O)(=O)c1ccc(Cl)cc1. The lowest BCUT2D eigenvalue weighted by atomic mass is 10.1. The molecule has 0 aromatic heterocycles. The van der Waals surface area contributed by atoms with E-state index in [1.165, 1.54) is 16.4 Å². The molecular formula is C22H18ClIN2O3S. The van der Waals surface area contributed by atoms with Crippen LogP contribution in [0.15, 0.2) is 71.6 Å². The molecule has 4 rings (SSSR count). The highest BCUT2D eigenvalue weighted by Gasteiger charge is 2.36. The second kappa shape index (κ2) is 8.20. The van der Waals surface area contributed by atoms with E-state index in [4.69, 9.17) is 11.6 Å². The van der Waals surface area contributed by atoms with Gasteiger partial charge in [0, 0.05) is 25.9 Å². The van der Waals surface area contributed by atoms with Crippen molar-refractivity contribution in [1.29, 1.82) is 0 Å². The van der Waals surface area contributed by atoms with Gasteiger partial charge in [-0.3, -0.25) is 9.10 Å². The fourth-order valence-electron chi connectivity index (χ4n) is 3.57. The smallest absolute Gasteiger partial charge is 0.264 e. The third-order valence-electron chi connectivity index (χ3n) is 4.97. The summed E-state index contributed by atoms with van der Waals surface area (Å²) < 4.78 is 28.9. The number of amides is 1. The Balaban J connectivity index is 1.62. The summed E-state index contributed by atoms with van der Waals surface area (Å²) in [4.78, 5) is 12.8. The second-order valence-corrected chi connectivity index (χ2v) is 10.6. The predicted octanol–water partition coefficient (Wildman–Crippen LogP) is 5.34. The molecule has 3 aromatic carbocycles. The number of benzene rings is 3. The maximum absolute atomic E-state index is 13.2. The average Bonchev–Trinajstić information content (AvgIpc) is 3.05. The summed E-state index contributed by atoms with van der Waals surface area (Å²) in [5.41, 5.74) is 2.63. The van der Waals surface area contributed by atoms with Crippen LogP contribution >= 0.6 is 34.2 Å². The molecule has 1 atom stereocenters. The van der Waals surface area contributed by atoms with Crippen LogP contribution in [0.1, 0.15) is 22.8 Å². The van der Waals surface area contributed by atoms with E-state index in [0.29, 0.717) is 28.4 Å². The first kappa shape index (κ1) is 21.1. The highest BCUT2D eigenvalue weighted by Crippen LogP contribution is 2.37. The van der Waals surface area contributed by atoms with Crippen molar-refractivity contribution in [2.45, 2.75) is 24.3 Å². The molecule has 0 fully saturated rings. The van der Waals surface area contributed by atoms with Gasteiger partial charge < -0.3 is 5.32 Å². The van der Waals surface area contributed by atoms with Crippen LogP contribution in [0.25, 0.3) is 0 Å². The second-order valence-electron chi connectivity index (χ2n) is 7.11. The monoisotopic (exact) mass is 552 g/mol. The normalized spacial score (nSPS) is 15.7. The molecule has 30 heavy (non-hydrogen) atoms. The van der Waals surface area contributed by atoms with Gasteiger partial charge >= 0.3 is 0 Å². The topological polar surface area (TPSA) is 66.5 Å². The number of nitrogens with one attached hydrogen (secondary N) is 1. The van der Waals surface area contributed by atoms with Crippen molar-refractivity contribution in [3.63, 3.8) is 0 Å². The molecule has 0 aliphatic carbocycles. The van der Waals surface area contributed by atoms with Gasteiger partial charge in [0.2, 0.25) is 0 Å². The van der Waals surface area contributed by atoms with E-state index in [0.717, 1.165) is 9.13 Å². The van der Waals surface area contributed by atoms with Crippen molar-refractivity contribution in [2.75, 3.05) is 9.62 Å².